The lowest BCUT2D eigenvalue weighted by Gasteiger charge is -2.39. The zero-order chi connectivity index (χ0) is 11.6. The van der Waals surface area contributed by atoms with E-state index in [1.54, 1.807) is 0 Å². The molecule has 1 N–H and O–H groups in total. The number of ether oxygens (including phenoxy) is 2. The zero-order valence-corrected chi connectivity index (χ0v) is 11.3. The maximum Gasteiger partial charge on any atom is 0.0805 e. The van der Waals surface area contributed by atoms with Crippen LogP contribution >= 0.6 is 11.8 Å². The number of hydrogen-bond acceptors (Lipinski definition) is 4. The van der Waals surface area contributed by atoms with E-state index < -0.39 is 0 Å². The van der Waals surface area contributed by atoms with Gasteiger partial charge >= 0.3 is 0 Å². The molecule has 4 heteroatoms. The van der Waals surface area contributed by atoms with Gasteiger partial charge in [-0.25, -0.2) is 0 Å². The van der Waals surface area contributed by atoms with Crippen LogP contribution in [0, 0.1) is 0 Å². The van der Waals surface area contributed by atoms with Gasteiger partial charge in [0.05, 0.1) is 17.8 Å². The molecular formula is C13H23NO2S. The molecule has 3 atom stereocenters. The molecule has 3 heterocycles. The minimum absolute atomic E-state index is 0.162. The van der Waals surface area contributed by atoms with Gasteiger partial charge in [-0.1, -0.05) is 0 Å². The van der Waals surface area contributed by atoms with Crippen molar-refractivity contribution in [2.75, 3.05) is 31.2 Å². The normalized spacial score (nSPS) is 43.1. The lowest BCUT2D eigenvalue weighted by Crippen LogP contribution is -2.45. The molecule has 2 unspecified atom stereocenters. The number of nitrogens with one attached hydrogen (secondary N) is 1. The summed E-state index contributed by atoms with van der Waals surface area (Å²) >= 11 is 2.03. The van der Waals surface area contributed by atoms with Crippen molar-refractivity contribution in [3.05, 3.63) is 0 Å². The van der Waals surface area contributed by atoms with Crippen molar-refractivity contribution in [2.24, 2.45) is 0 Å². The maximum absolute atomic E-state index is 6.27. The van der Waals surface area contributed by atoms with Crippen LogP contribution in [-0.2, 0) is 9.47 Å². The smallest absolute Gasteiger partial charge is 0.0805 e. The number of piperidine rings is 1. The van der Waals surface area contributed by atoms with Crippen LogP contribution in [0.4, 0.5) is 0 Å². The summed E-state index contributed by atoms with van der Waals surface area (Å²) in [7, 11) is 0. The molecule has 17 heavy (non-hydrogen) atoms. The Hall–Kier alpha value is 0.230. The van der Waals surface area contributed by atoms with E-state index in [-0.39, 0.29) is 5.60 Å². The quantitative estimate of drug-likeness (QED) is 0.817. The van der Waals surface area contributed by atoms with Crippen LogP contribution in [0.15, 0.2) is 0 Å². The molecule has 3 nitrogen and oxygen atoms in total. The van der Waals surface area contributed by atoms with E-state index in [4.69, 9.17) is 9.47 Å². The van der Waals surface area contributed by atoms with Crippen molar-refractivity contribution in [1.29, 1.82) is 0 Å². The fourth-order valence-corrected chi connectivity index (χ4v) is 4.55. The van der Waals surface area contributed by atoms with Crippen LogP contribution in [-0.4, -0.2) is 49.0 Å². The van der Waals surface area contributed by atoms with E-state index in [0.717, 1.165) is 32.5 Å². The Kier molecular flexibility index (Phi) is 3.95. The van der Waals surface area contributed by atoms with Gasteiger partial charge in [-0.15, -0.1) is 0 Å². The third kappa shape index (κ3) is 2.98. The lowest BCUT2D eigenvalue weighted by atomic mass is 9.91. The highest BCUT2D eigenvalue weighted by molar-refractivity contribution is 7.99. The summed E-state index contributed by atoms with van der Waals surface area (Å²) in [5.41, 5.74) is 0.162. The van der Waals surface area contributed by atoms with Crippen LogP contribution in [0.2, 0.25) is 0 Å². The average molecular weight is 257 g/mol. The molecular weight excluding hydrogens is 234 g/mol. The molecule has 0 aromatic rings. The lowest BCUT2D eigenvalue weighted by molar-refractivity contribution is -0.138. The second-order valence-electron chi connectivity index (χ2n) is 5.55. The molecule has 0 amide bonds. The maximum atomic E-state index is 6.27. The monoisotopic (exact) mass is 257 g/mol. The highest BCUT2D eigenvalue weighted by atomic mass is 32.2. The summed E-state index contributed by atoms with van der Waals surface area (Å²) in [5, 5.41) is 3.43. The average Bonchev–Trinajstić information content (AvgIpc) is 2.79. The largest absolute Gasteiger partial charge is 0.374 e. The van der Waals surface area contributed by atoms with Crippen LogP contribution in [0.25, 0.3) is 0 Å². The molecule has 3 aliphatic rings. The van der Waals surface area contributed by atoms with Crippen LogP contribution in [0.3, 0.4) is 0 Å². The minimum Gasteiger partial charge on any atom is -0.374 e. The number of hydrogen-bond donors (Lipinski definition) is 1. The molecule has 1 spiro atoms. The molecule has 0 radical (unpaired) electrons. The molecule has 0 aromatic carbocycles. The van der Waals surface area contributed by atoms with E-state index in [9.17, 15) is 0 Å². The number of thioether (sulfide) groups is 1. The van der Waals surface area contributed by atoms with Crippen molar-refractivity contribution in [3.63, 3.8) is 0 Å². The van der Waals surface area contributed by atoms with Gasteiger partial charge < -0.3 is 14.8 Å². The summed E-state index contributed by atoms with van der Waals surface area (Å²) in [4.78, 5) is 0. The second-order valence-corrected chi connectivity index (χ2v) is 6.66. The molecule has 3 saturated heterocycles. The zero-order valence-electron chi connectivity index (χ0n) is 10.5. The summed E-state index contributed by atoms with van der Waals surface area (Å²) in [6.45, 7) is 3.10. The summed E-state index contributed by atoms with van der Waals surface area (Å²) in [6, 6.07) is 0. The van der Waals surface area contributed by atoms with E-state index >= 15 is 0 Å². The highest BCUT2D eigenvalue weighted by Gasteiger charge is 2.41. The Labute approximate surface area is 108 Å². The number of rotatable bonds is 2. The molecule has 0 aliphatic carbocycles. The first-order valence-electron chi connectivity index (χ1n) is 6.94. The van der Waals surface area contributed by atoms with Gasteiger partial charge in [-0.05, 0) is 38.0 Å². The van der Waals surface area contributed by atoms with Gasteiger partial charge in [-0.3, -0.25) is 0 Å². The van der Waals surface area contributed by atoms with Crippen molar-refractivity contribution < 1.29 is 9.47 Å². The Bertz CT molecular complexity index is 250. The summed E-state index contributed by atoms with van der Waals surface area (Å²) in [6.07, 6.45) is 6.80. The standard InChI is InChI=1S/C13H23NO2S/c1-2-12(9-14-5-1)16-11-3-6-15-13(8-11)4-7-17-10-13/h11-12,14H,1-10H2/t11?,12-,13?/m0/s1. The van der Waals surface area contributed by atoms with Gasteiger partial charge in [0, 0.05) is 25.3 Å². The first-order valence-corrected chi connectivity index (χ1v) is 8.10. The van der Waals surface area contributed by atoms with E-state index in [0.29, 0.717) is 12.2 Å². The molecule has 0 aromatic heterocycles. The molecule has 3 rings (SSSR count). The Morgan fingerprint density at radius 1 is 1.29 bits per heavy atom. The SMILES string of the molecule is C1CNC[C@@H](OC2CCOC3(CCSC3)C2)C1. The van der Waals surface area contributed by atoms with Crippen LogP contribution in [0.1, 0.15) is 32.1 Å². The molecule has 98 valence electrons. The summed E-state index contributed by atoms with van der Waals surface area (Å²) in [5.74, 6) is 2.44. The fourth-order valence-electron chi connectivity index (χ4n) is 3.17. The van der Waals surface area contributed by atoms with E-state index in [1.165, 1.54) is 30.8 Å². The van der Waals surface area contributed by atoms with Crippen molar-refractivity contribution in [2.45, 2.75) is 49.9 Å². The molecule has 3 aliphatic heterocycles. The van der Waals surface area contributed by atoms with Crippen molar-refractivity contribution in [1.82, 2.24) is 5.32 Å². The van der Waals surface area contributed by atoms with Crippen LogP contribution in [0.5, 0.6) is 0 Å². The van der Waals surface area contributed by atoms with Gasteiger partial charge in [0.2, 0.25) is 0 Å². The Morgan fingerprint density at radius 2 is 2.29 bits per heavy atom. The molecule has 0 bridgehead atoms. The third-order valence-corrected chi connectivity index (χ3v) is 5.37. The fraction of sp³-hybridized carbons (Fsp3) is 1.00. The van der Waals surface area contributed by atoms with Crippen molar-refractivity contribution in [3.8, 4) is 0 Å². The molecule has 3 fully saturated rings. The first kappa shape index (κ1) is 12.3. The van der Waals surface area contributed by atoms with Crippen molar-refractivity contribution >= 4 is 11.8 Å². The van der Waals surface area contributed by atoms with Gasteiger partial charge in [0.25, 0.3) is 0 Å². The highest BCUT2D eigenvalue weighted by Crippen LogP contribution is 2.39. The van der Waals surface area contributed by atoms with Gasteiger partial charge in [-0.2, -0.15) is 11.8 Å². The Balaban J connectivity index is 1.52. The topological polar surface area (TPSA) is 30.5 Å². The predicted octanol–water partition coefficient (Wildman–Crippen LogP) is 1.81. The van der Waals surface area contributed by atoms with E-state index in [1.807, 2.05) is 11.8 Å². The Morgan fingerprint density at radius 3 is 3.06 bits per heavy atom. The van der Waals surface area contributed by atoms with Crippen LogP contribution < -0.4 is 5.32 Å². The predicted molar refractivity (Wildman–Crippen MR) is 70.6 cm³/mol. The van der Waals surface area contributed by atoms with E-state index in [2.05, 4.69) is 5.32 Å². The third-order valence-electron chi connectivity index (χ3n) is 4.15. The summed E-state index contributed by atoms with van der Waals surface area (Å²) < 4.78 is 12.3. The first-order chi connectivity index (χ1) is 8.36. The van der Waals surface area contributed by atoms with Gasteiger partial charge in [0.1, 0.15) is 0 Å². The molecule has 0 saturated carbocycles. The van der Waals surface area contributed by atoms with Gasteiger partial charge in [0.15, 0.2) is 0 Å². The second kappa shape index (κ2) is 5.47. The minimum atomic E-state index is 0.162.